The predicted molar refractivity (Wildman–Crippen MR) is 89.5 cm³/mol. The predicted octanol–water partition coefficient (Wildman–Crippen LogP) is 4.99. The Morgan fingerprint density at radius 1 is 1.14 bits per heavy atom. The average Bonchev–Trinajstić information content (AvgIpc) is 2.82. The van der Waals surface area contributed by atoms with Gasteiger partial charge in [0.2, 0.25) is 5.88 Å². The molecule has 3 rings (SSSR count). The quantitative estimate of drug-likeness (QED) is 0.601. The van der Waals surface area contributed by atoms with Gasteiger partial charge >= 0.3 is 0 Å². The first-order chi connectivity index (χ1) is 10.1. The number of nitrogens with two attached hydrogens (primary N) is 1. The fourth-order valence-electron chi connectivity index (χ4n) is 2.06. The Bertz CT molecular complexity index is 802. The molecule has 0 aliphatic heterocycles. The van der Waals surface area contributed by atoms with E-state index in [1.165, 1.54) is 12.1 Å². The van der Waals surface area contributed by atoms with Crippen LogP contribution in [0.3, 0.4) is 0 Å². The van der Waals surface area contributed by atoms with E-state index in [-0.39, 0.29) is 11.7 Å². The normalized spacial score (nSPS) is 10.8. The van der Waals surface area contributed by atoms with E-state index in [2.05, 4.69) is 27.7 Å². The van der Waals surface area contributed by atoms with E-state index < -0.39 is 0 Å². The standard InChI is InChI=1S/C15H9ClFIN2O/c16-9-3-1-8(2-4-9)13-14(20-21-15(13)19)11-6-5-10(17)7-12(11)18/h1-7H,19H2. The minimum atomic E-state index is -0.298. The molecule has 0 fully saturated rings. The van der Waals surface area contributed by atoms with Crippen molar-refractivity contribution >= 4 is 40.1 Å². The third-order valence-corrected chi connectivity index (χ3v) is 4.18. The van der Waals surface area contributed by atoms with Gasteiger partial charge in [-0.15, -0.1) is 0 Å². The first-order valence-corrected chi connectivity index (χ1v) is 7.48. The zero-order valence-corrected chi connectivity index (χ0v) is 13.5. The largest absolute Gasteiger partial charge is 0.367 e. The van der Waals surface area contributed by atoms with Crippen molar-refractivity contribution in [2.45, 2.75) is 0 Å². The van der Waals surface area contributed by atoms with Gasteiger partial charge in [-0.2, -0.15) is 0 Å². The minimum Gasteiger partial charge on any atom is -0.367 e. The van der Waals surface area contributed by atoms with Gasteiger partial charge in [-0.25, -0.2) is 4.39 Å². The smallest absolute Gasteiger partial charge is 0.230 e. The number of benzene rings is 2. The van der Waals surface area contributed by atoms with Crippen LogP contribution in [-0.4, -0.2) is 5.16 Å². The highest BCUT2D eigenvalue weighted by Gasteiger charge is 2.19. The third-order valence-electron chi connectivity index (χ3n) is 3.04. The maximum atomic E-state index is 13.2. The lowest BCUT2D eigenvalue weighted by molar-refractivity contribution is 0.439. The van der Waals surface area contributed by atoms with Gasteiger partial charge in [0, 0.05) is 14.2 Å². The van der Waals surface area contributed by atoms with Gasteiger partial charge in [0.15, 0.2) is 0 Å². The zero-order valence-electron chi connectivity index (χ0n) is 10.6. The van der Waals surface area contributed by atoms with Crippen molar-refractivity contribution in [3.63, 3.8) is 0 Å². The van der Waals surface area contributed by atoms with Crippen LogP contribution in [0.1, 0.15) is 0 Å². The van der Waals surface area contributed by atoms with Crippen LogP contribution in [0.25, 0.3) is 22.4 Å². The molecule has 0 unspecified atom stereocenters. The van der Waals surface area contributed by atoms with Crippen LogP contribution >= 0.6 is 34.2 Å². The maximum absolute atomic E-state index is 13.2. The molecular weight excluding hydrogens is 406 g/mol. The molecule has 0 aliphatic rings. The Kier molecular flexibility index (Phi) is 3.86. The zero-order chi connectivity index (χ0) is 15.0. The Morgan fingerprint density at radius 2 is 1.86 bits per heavy atom. The number of nitrogens with zero attached hydrogens (tertiary/aromatic N) is 1. The van der Waals surface area contributed by atoms with Crippen LogP contribution in [0.5, 0.6) is 0 Å². The molecule has 21 heavy (non-hydrogen) atoms. The third kappa shape index (κ3) is 2.75. The van der Waals surface area contributed by atoms with Gasteiger partial charge in [0.25, 0.3) is 0 Å². The van der Waals surface area contributed by atoms with E-state index in [9.17, 15) is 4.39 Å². The van der Waals surface area contributed by atoms with E-state index >= 15 is 0 Å². The molecule has 2 N–H and O–H groups in total. The van der Waals surface area contributed by atoms with Gasteiger partial charge in [0.1, 0.15) is 11.5 Å². The summed E-state index contributed by atoms with van der Waals surface area (Å²) in [6.45, 7) is 0. The lowest BCUT2D eigenvalue weighted by Crippen LogP contribution is -1.90. The molecule has 0 spiro atoms. The second-order valence-electron chi connectivity index (χ2n) is 4.40. The van der Waals surface area contributed by atoms with Crippen molar-refractivity contribution in [1.82, 2.24) is 5.16 Å². The Morgan fingerprint density at radius 3 is 2.52 bits per heavy atom. The molecule has 0 amide bonds. The van der Waals surface area contributed by atoms with Crippen LogP contribution in [0.4, 0.5) is 10.3 Å². The molecule has 106 valence electrons. The monoisotopic (exact) mass is 414 g/mol. The summed E-state index contributed by atoms with van der Waals surface area (Å²) in [5.41, 5.74) is 8.76. The van der Waals surface area contributed by atoms with Crippen LogP contribution in [0.2, 0.25) is 5.02 Å². The van der Waals surface area contributed by atoms with Gasteiger partial charge in [-0.05, 0) is 58.5 Å². The summed E-state index contributed by atoms with van der Waals surface area (Å²) in [5, 5.41) is 4.65. The summed E-state index contributed by atoms with van der Waals surface area (Å²) >= 11 is 7.96. The number of hydrogen-bond acceptors (Lipinski definition) is 3. The summed E-state index contributed by atoms with van der Waals surface area (Å²) in [6.07, 6.45) is 0. The van der Waals surface area contributed by atoms with Crippen LogP contribution in [0.15, 0.2) is 47.0 Å². The Balaban J connectivity index is 2.19. The molecule has 0 bridgehead atoms. The highest BCUT2D eigenvalue weighted by atomic mass is 127. The van der Waals surface area contributed by atoms with Crippen molar-refractivity contribution in [2.75, 3.05) is 5.73 Å². The molecule has 1 heterocycles. The summed E-state index contributed by atoms with van der Waals surface area (Å²) < 4.78 is 19.1. The minimum absolute atomic E-state index is 0.215. The van der Waals surface area contributed by atoms with Gasteiger partial charge in [-0.1, -0.05) is 28.9 Å². The van der Waals surface area contributed by atoms with Crippen LogP contribution in [0, 0.1) is 9.39 Å². The van der Waals surface area contributed by atoms with Crippen molar-refractivity contribution in [3.8, 4) is 22.4 Å². The van der Waals surface area contributed by atoms with Gasteiger partial charge in [0.05, 0.1) is 5.56 Å². The highest BCUT2D eigenvalue weighted by molar-refractivity contribution is 14.1. The molecule has 0 saturated heterocycles. The summed E-state index contributed by atoms with van der Waals surface area (Å²) in [4.78, 5) is 0. The first kappa shape index (κ1) is 14.3. The molecule has 3 aromatic rings. The van der Waals surface area contributed by atoms with Crippen LogP contribution < -0.4 is 5.73 Å². The lowest BCUT2D eigenvalue weighted by atomic mass is 10.0. The van der Waals surface area contributed by atoms with Crippen molar-refractivity contribution < 1.29 is 8.91 Å². The highest BCUT2D eigenvalue weighted by Crippen LogP contribution is 2.38. The van der Waals surface area contributed by atoms with Crippen molar-refractivity contribution in [3.05, 3.63) is 56.9 Å². The summed E-state index contributed by atoms with van der Waals surface area (Å²) in [6, 6.07) is 11.7. The molecule has 0 atom stereocenters. The van der Waals surface area contributed by atoms with E-state index in [1.54, 1.807) is 18.2 Å². The molecule has 2 aromatic carbocycles. The van der Waals surface area contributed by atoms with E-state index in [0.717, 1.165) is 14.7 Å². The SMILES string of the molecule is Nc1onc(-c2ccc(F)cc2I)c1-c1ccc(Cl)cc1. The molecule has 3 nitrogen and oxygen atoms in total. The fraction of sp³-hybridized carbons (Fsp3) is 0. The van der Waals surface area contributed by atoms with E-state index in [0.29, 0.717) is 16.3 Å². The average molecular weight is 415 g/mol. The van der Waals surface area contributed by atoms with Gasteiger partial charge in [-0.3, -0.25) is 0 Å². The molecule has 0 saturated carbocycles. The Labute approximate surface area is 139 Å². The number of aromatic nitrogens is 1. The fourth-order valence-corrected chi connectivity index (χ4v) is 2.92. The molecular formula is C15H9ClFIN2O. The summed E-state index contributed by atoms with van der Waals surface area (Å²) in [7, 11) is 0. The van der Waals surface area contributed by atoms with Gasteiger partial charge < -0.3 is 10.3 Å². The number of anilines is 1. The van der Waals surface area contributed by atoms with Crippen LogP contribution in [-0.2, 0) is 0 Å². The maximum Gasteiger partial charge on any atom is 0.230 e. The molecule has 0 aliphatic carbocycles. The van der Waals surface area contributed by atoms with E-state index in [1.807, 2.05) is 12.1 Å². The number of nitrogen functional groups attached to an aromatic ring is 1. The van der Waals surface area contributed by atoms with Crippen molar-refractivity contribution in [2.24, 2.45) is 0 Å². The lowest BCUT2D eigenvalue weighted by Gasteiger charge is -2.05. The molecule has 1 aromatic heterocycles. The first-order valence-electron chi connectivity index (χ1n) is 6.03. The number of halogens is 3. The second-order valence-corrected chi connectivity index (χ2v) is 6.00. The number of hydrogen-bond donors (Lipinski definition) is 1. The Hall–Kier alpha value is -1.60. The second kappa shape index (κ2) is 5.65. The molecule has 6 heteroatoms. The van der Waals surface area contributed by atoms with E-state index in [4.69, 9.17) is 21.9 Å². The summed E-state index contributed by atoms with van der Waals surface area (Å²) in [5.74, 6) is -0.0832. The topological polar surface area (TPSA) is 52.0 Å². The van der Waals surface area contributed by atoms with Crippen molar-refractivity contribution in [1.29, 1.82) is 0 Å². The molecule has 0 radical (unpaired) electrons. The number of rotatable bonds is 2.